The molecule has 0 saturated carbocycles. The van der Waals surface area contributed by atoms with Gasteiger partial charge in [-0.1, -0.05) is 36.4 Å². The van der Waals surface area contributed by atoms with E-state index in [0.717, 1.165) is 28.3 Å². The van der Waals surface area contributed by atoms with Crippen LogP contribution in [0.15, 0.2) is 85.6 Å². The molecule has 5 aromatic rings. The lowest BCUT2D eigenvalue weighted by atomic mass is 10.2. The first-order valence-corrected chi connectivity index (χ1v) is 9.19. The Kier molecular flexibility index (Phi) is 4.25. The predicted molar refractivity (Wildman–Crippen MR) is 109 cm³/mol. The van der Waals surface area contributed by atoms with Gasteiger partial charge in [-0.2, -0.15) is 5.10 Å². The Balaban J connectivity index is 1.54. The fourth-order valence-electron chi connectivity index (χ4n) is 3.26. The number of imidazole rings is 1. The van der Waals surface area contributed by atoms with Crippen LogP contribution in [-0.2, 0) is 6.54 Å². The van der Waals surface area contributed by atoms with Gasteiger partial charge in [0.2, 0.25) is 0 Å². The van der Waals surface area contributed by atoms with E-state index in [1.807, 2.05) is 41.1 Å². The molecule has 7 heteroatoms. The van der Waals surface area contributed by atoms with Crippen LogP contribution in [0.3, 0.4) is 0 Å². The van der Waals surface area contributed by atoms with Gasteiger partial charge in [0.1, 0.15) is 17.3 Å². The van der Waals surface area contributed by atoms with E-state index in [1.54, 1.807) is 29.3 Å². The number of anilines is 1. The van der Waals surface area contributed by atoms with Gasteiger partial charge in [-0.25, -0.2) is 14.1 Å². The third-order valence-corrected chi connectivity index (χ3v) is 4.66. The molecule has 0 radical (unpaired) electrons. The summed E-state index contributed by atoms with van der Waals surface area (Å²) in [4.78, 5) is 8.90. The third kappa shape index (κ3) is 3.34. The maximum atomic E-state index is 13.6. The Bertz CT molecular complexity index is 1270. The van der Waals surface area contributed by atoms with E-state index < -0.39 is 0 Å². The van der Waals surface area contributed by atoms with Crippen molar-refractivity contribution in [1.29, 1.82) is 0 Å². The van der Waals surface area contributed by atoms with Crippen LogP contribution in [0.1, 0.15) is 5.56 Å². The molecule has 0 aliphatic carbocycles. The monoisotopic (exact) mass is 384 g/mol. The molecule has 3 aromatic heterocycles. The molecule has 0 bridgehead atoms. The second-order valence-electron chi connectivity index (χ2n) is 6.61. The summed E-state index contributed by atoms with van der Waals surface area (Å²) in [5.41, 5.74) is 4.14. The molecule has 3 heterocycles. The average Bonchev–Trinajstić information content (AvgIpc) is 3.38. The zero-order chi connectivity index (χ0) is 19.6. The highest BCUT2D eigenvalue weighted by Gasteiger charge is 2.16. The van der Waals surface area contributed by atoms with E-state index in [0.29, 0.717) is 12.2 Å². The van der Waals surface area contributed by atoms with Crippen molar-refractivity contribution in [2.24, 2.45) is 0 Å². The van der Waals surface area contributed by atoms with Crippen LogP contribution in [-0.4, -0.2) is 24.1 Å². The summed E-state index contributed by atoms with van der Waals surface area (Å²) >= 11 is 0. The minimum atomic E-state index is -0.302. The summed E-state index contributed by atoms with van der Waals surface area (Å²) in [6.07, 6.45) is 8.89. The molecule has 0 spiro atoms. The first-order valence-electron chi connectivity index (χ1n) is 9.19. The summed E-state index contributed by atoms with van der Waals surface area (Å²) in [5, 5.41) is 7.88. The predicted octanol–water partition coefficient (Wildman–Crippen LogP) is 4.33. The first kappa shape index (κ1) is 17.1. The van der Waals surface area contributed by atoms with Crippen molar-refractivity contribution in [2.75, 3.05) is 5.32 Å². The second-order valence-corrected chi connectivity index (χ2v) is 6.61. The van der Waals surface area contributed by atoms with Crippen LogP contribution < -0.4 is 5.32 Å². The average molecular weight is 384 g/mol. The molecule has 2 aromatic carbocycles. The van der Waals surface area contributed by atoms with Crippen molar-refractivity contribution in [3.8, 4) is 16.9 Å². The SMILES string of the molecule is Fc1cccc(-n2cc(-c3nc4cnccn4c3NCc3ccccc3)cn2)c1. The molecule has 0 amide bonds. The van der Waals surface area contributed by atoms with Crippen LogP contribution in [0.2, 0.25) is 0 Å². The van der Waals surface area contributed by atoms with Gasteiger partial charge in [-0.3, -0.25) is 9.38 Å². The van der Waals surface area contributed by atoms with Crippen molar-refractivity contribution >= 4 is 11.5 Å². The Morgan fingerprint density at radius 2 is 1.90 bits per heavy atom. The number of rotatable bonds is 5. The van der Waals surface area contributed by atoms with Gasteiger partial charge in [0, 0.05) is 30.7 Å². The van der Waals surface area contributed by atoms with E-state index >= 15 is 0 Å². The lowest BCUT2D eigenvalue weighted by Gasteiger charge is -2.08. The fourth-order valence-corrected chi connectivity index (χ4v) is 3.26. The quantitative estimate of drug-likeness (QED) is 0.490. The Hall–Kier alpha value is -4.00. The number of hydrogen-bond donors (Lipinski definition) is 1. The number of aromatic nitrogens is 5. The van der Waals surface area contributed by atoms with Crippen molar-refractivity contribution in [3.63, 3.8) is 0 Å². The van der Waals surface area contributed by atoms with E-state index in [-0.39, 0.29) is 5.82 Å². The molecule has 0 saturated heterocycles. The number of halogens is 1. The summed E-state index contributed by atoms with van der Waals surface area (Å²) in [6.45, 7) is 0.655. The third-order valence-electron chi connectivity index (χ3n) is 4.66. The highest BCUT2D eigenvalue weighted by atomic mass is 19.1. The largest absolute Gasteiger partial charge is 0.365 e. The number of nitrogens with zero attached hydrogens (tertiary/aromatic N) is 5. The second kappa shape index (κ2) is 7.20. The summed E-state index contributed by atoms with van der Waals surface area (Å²) in [6, 6.07) is 16.5. The topological polar surface area (TPSA) is 60.0 Å². The van der Waals surface area contributed by atoms with E-state index in [4.69, 9.17) is 4.98 Å². The van der Waals surface area contributed by atoms with E-state index in [2.05, 4.69) is 27.5 Å². The summed E-state index contributed by atoms with van der Waals surface area (Å²) < 4.78 is 17.2. The van der Waals surface area contributed by atoms with Gasteiger partial charge < -0.3 is 5.32 Å². The standard InChI is InChI=1S/C22H17FN6/c23-18-7-4-8-19(11-18)29-15-17(13-26-29)21-22(25-12-16-5-2-1-3-6-16)28-10-9-24-14-20(28)27-21/h1-11,13-15,25H,12H2. The Morgan fingerprint density at radius 1 is 1.00 bits per heavy atom. The highest BCUT2D eigenvalue weighted by molar-refractivity contribution is 5.75. The van der Waals surface area contributed by atoms with Crippen LogP contribution in [0.25, 0.3) is 22.6 Å². The van der Waals surface area contributed by atoms with Crippen molar-refractivity contribution in [3.05, 3.63) is 97.0 Å². The van der Waals surface area contributed by atoms with Crippen molar-refractivity contribution < 1.29 is 4.39 Å². The maximum absolute atomic E-state index is 13.6. The molecule has 0 aliphatic heterocycles. The van der Waals surface area contributed by atoms with Crippen LogP contribution >= 0.6 is 0 Å². The molecule has 29 heavy (non-hydrogen) atoms. The smallest absolute Gasteiger partial charge is 0.157 e. The lowest BCUT2D eigenvalue weighted by molar-refractivity contribution is 0.625. The fraction of sp³-hybridized carbons (Fsp3) is 0.0455. The molecule has 0 fully saturated rings. The summed E-state index contributed by atoms with van der Waals surface area (Å²) in [5.74, 6) is 0.550. The molecular formula is C22H17FN6. The minimum Gasteiger partial charge on any atom is -0.365 e. The van der Waals surface area contributed by atoms with E-state index in [1.165, 1.54) is 12.1 Å². The highest BCUT2D eigenvalue weighted by Crippen LogP contribution is 2.29. The number of benzene rings is 2. The zero-order valence-corrected chi connectivity index (χ0v) is 15.4. The molecule has 0 atom stereocenters. The number of nitrogens with one attached hydrogen (secondary N) is 1. The Labute approximate surface area is 166 Å². The first-order chi connectivity index (χ1) is 14.3. The van der Waals surface area contributed by atoms with Gasteiger partial charge in [0.05, 0.1) is 18.1 Å². The van der Waals surface area contributed by atoms with Crippen LogP contribution in [0, 0.1) is 5.82 Å². The molecule has 6 nitrogen and oxygen atoms in total. The van der Waals surface area contributed by atoms with Gasteiger partial charge >= 0.3 is 0 Å². The Morgan fingerprint density at radius 3 is 2.76 bits per heavy atom. The summed E-state index contributed by atoms with van der Waals surface area (Å²) in [7, 11) is 0. The molecule has 0 unspecified atom stereocenters. The van der Waals surface area contributed by atoms with Gasteiger partial charge in [0.15, 0.2) is 5.65 Å². The molecular weight excluding hydrogens is 367 g/mol. The zero-order valence-electron chi connectivity index (χ0n) is 15.4. The van der Waals surface area contributed by atoms with Crippen molar-refractivity contribution in [2.45, 2.75) is 6.54 Å². The van der Waals surface area contributed by atoms with E-state index in [9.17, 15) is 4.39 Å². The number of fused-ring (bicyclic) bond motifs is 1. The van der Waals surface area contributed by atoms with Crippen LogP contribution in [0.5, 0.6) is 0 Å². The molecule has 142 valence electrons. The molecule has 0 aliphatic rings. The molecule has 1 N–H and O–H groups in total. The maximum Gasteiger partial charge on any atom is 0.157 e. The van der Waals surface area contributed by atoms with Crippen molar-refractivity contribution in [1.82, 2.24) is 24.1 Å². The number of hydrogen-bond acceptors (Lipinski definition) is 4. The van der Waals surface area contributed by atoms with Crippen LogP contribution in [0.4, 0.5) is 10.2 Å². The van der Waals surface area contributed by atoms with Gasteiger partial charge in [0.25, 0.3) is 0 Å². The normalized spacial score (nSPS) is 11.1. The van der Waals surface area contributed by atoms with Gasteiger partial charge in [-0.15, -0.1) is 0 Å². The molecule has 5 rings (SSSR count). The minimum absolute atomic E-state index is 0.302. The lowest BCUT2D eigenvalue weighted by Crippen LogP contribution is -2.03. The van der Waals surface area contributed by atoms with Gasteiger partial charge in [-0.05, 0) is 23.8 Å².